The fraction of sp³-hybridized carbons (Fsp3) is 0.120. The van der Waals surface area contributed by atoms with Gasteiger partial charge >= 0.3 is 11.7 Å². The van der Waals surface area contributed by atoms with Gasteiger partial charge in [-0.1, -0.05) is 59.6 Å². The fourth-order valence-electron chi connectivity index (χ4n) is 3.88. The van der Waals surface area contributed by atoms with Crippen LogP contribution in [0.2, 0.25) is 10.0 Å². The van der Waals surface area contributed by atoms with Crippen molar-refractivity contribution < 1.29 is 14.7 Å². The van der Waals surface area contributed by atoms with Gasteiger partial charge in [0.15, 0.2) is 0 Å². The average molecular weight is 512 g/mol. The maximum absolute atomic E-state index is 12.8. The Bertz CT molecular complexity index is 1570. The van der Waals surface area contributed by atoms with Crippen LogP contribution in [0, 0.1) is 0 Å². The highest BCUT2D eigenvalue weighted by molar-refractivity contribution is 6.39. The molecular weight excluding hydrogens is 493 g/mol. The first-order valence-electron chi connectivity index (χ1n) is 10.5. The van der Waals surface area contributed by atoms with E-state index in [-0.39, 0.29) is 22.0 Å². The number of amides is 1. The first-order chi connectivity index (χ1) is 16.7. The van der Waals surface area contributed by atoms with Gasteiger partial charge in [0.05, 0.1) is 21.3 Å². The van der Waals surface area contributed by atoms with Crippen molar-refractivity contribution in [1.82, 2.24) is 14.5 Å². The summed E-state index contributed by atoms with van der Waals surface area (Å²) in [6.07, 6.45) is 1.33. The summed E-state index contributed by atoms with van der Waals surface area (Å²) in [6.45, 7) is 0. The van der Waals surface area contributed by atoms with E-state index >= 15 is 0 Å². The lowest BCUT2D eigenvalue weighted by Crippen LogP contribution is -2.42. The highest BCUT2D eigenvalue weighted by Crippen LogP contribution is 2.26. The summed E-state index contributed by atoms with van der Waals surface area (Å²) in [7, 11) is 1.54. The van der Waals surface area contributed by atoms with Crippen LogP contribution in [0.3, 0.4) is 0 Å². The number of carbonyl (C=O) groups is 2. The van der Waals surface area contributed by atoms with Gasteiger partial charge in [-0.05, 0) is 29.1 Å². The Hall–Kier alpha value is -3.88. The molecule has 0 spiro atoms. The number of aliphatic carboxylic acids is 1. The molecule has 10 heteroatoms. The number of nitrogens with zero attached hydrogens (tertiary/aromatic N) is 2. The largest absolute Gasteiger partial charge is 0.480 e. The average Bonchev–Trinajstić information content (AvgIpc) is 2.81. The van der Waals surface area contributed by atoms with E-state index in [0.717, 1.165) is 4.57 Å². The second kappa shape index (κ2) is 9.77. The summed E-state index contributed by atoms with van der Waals surface area (Å²) in [5.74, 6) is -1.96. The van der Waals surface area contributed by atoms with Gasteiger partial charge in [0.2, 0.25) is 0 Å². The van der Waals surface area contributed by atoms with Crippen molar-refractivity contribution in [2.45, 2.75) is 12.5 Å². The maximum Gasteiger partial charge on any atom is 0.335 e. The van der Waals surface area contributed by atoms with Crippen molar-refractivity contribution in [3.8, 4) is 5.69 Å². The highest BCUT2D eigenvalue weighted by atomic mass is 35.5. The summed E-state index contributed by atoms with van der Waals surface area (Å²) in [5.41, 5.74) is -0.0417. The number of carboxylic acids is 1. The lowest BCUT2D eigenvalue weighted by atomic mass is 9.97. The molecule has 0 bridgehead atoms. The first-order valence-corrected chi connectivity index (χ1v) is 11.2. The number of aryl methyl sites for hydroxylation is 1. The Morgan fingerprint density at radius 2 is 1.57 bits per heavy atom. The number of fused-ring (bicyclic) bond motifs is 1. The molecule has 0 unspecified atom stereocenters. The van der Waals surface area contributed by atoms with Crippen molar-refractivity contribution in [3.63, 3.8) is 0 Å². The fourth-order valence-corrected chi connectivity index (χ4v) is 4.45. The van der Waals surface area contributed by atoms with Crippen LogP contribution in [-0.4, -0.2) is 32.2 Å². The van der Waals surface area contributed by atoms with E-state index in [0.29, 0.717) is 22.0 Å². The predicted molar refractivity (Wildman–Crippen MR) is 134 cm³/mol. The minimum absolute atomic E-state index is 0.0124. The summed E-state index contributed by atoms with van der Waals surface area (Å²) in [6, 6.07) is 14.8. The monoisotopic (exact) mass is 511 g/mol. The molecular formula is C25H19Cl2N3O5. The number of nitrogens with one attached hydrogen (secondary N) is 1. The highest BCUT2D eigenvalue weighted by Gasteiger charge is 2.24. The summed E-state index contributed by atoms with van der Waals surface area (Å²) >= 11 is 12.2. The summed E-state index contributed by atoms with van der Waals surface area (Å²) in [4.78, 5) is 50.0. The molecule has 4 rings (SSSR count). The number of carbonyl (C=O) groups excluding carboxylic acids is 1. The first kappa shape index (κ1) is 24.3. The van der Waals surface area contributed by atoms with Crippen molar-refractivity contribution in [2.24, 2.45) is 7.05 Å². The number of halogens is 2. The molecule has 0 aliphatic rings. The molecule has 0 saturated carbocycles. The molecule has 35 heavy (non-hydrogen) atoms. The van der Waals surface area contributed by atoms with E-state index in [1.54, 1.807) is 49.5 Å². The molecule has 0 aliphatic carbocycles. The molecule has 0 radical (unpaired) electrons. The molecule has 1 amide bonds. The Labute approximate surface area is 209 Å². The van der Waals surface area contributed by atoms with Gasteiger partial charge in [-0.25, -0.2) is 14.2 Å². The summed E-state index contributed by atoms with van der Waals surface area (Å²) in [5, 5.41) is 13.7. The Morgan fingerprint density at radius 1 is 0.943 bits per heavy atom. The van der Waals surface area contributed by atoms with Crippen LogP contribution in [0.4, 0.5) is 0 Å². The van der Waals surface area contributed by atoms with Crippen LogP contribution >= 0.6 is 23.2 Å². The minimum Gasteiger partial charge on any atom is -0.480 e. The Kier molecular flexibility index (Phi) is 6.77. The van der Waals surface area contributed by atoms with Gasteiger partial charge in [-0.15, -0.1) is 0 Å². The van der Waals surface area contributed by atoms with Crippen molar-refractivity contribution in [2.75, 3.05) is 0 Å². The number of rotatable bonds is 6. The lowest BCUT2D eigenvalue weighted by Gasteiger charge is -2.18. The second-order valence-corrected chi connectivity index (χ2v) is 8.65. The van der Waals surface area contributed by atoms with Crippen LogP contribution in [0.5, 0.6) is 0 Å². The van der Waals surface area contributed by atoms with Crippen molar-refractivity contribution in [3.05, 3.63) is 109 Å². The third-order valence-electron chi connectivity index (χ3n) is 5.60. The predicted octanol–water partition coefficient (Wildman–Crippen LogP) is 3.42. The van der Waals surface area contributed by atoms with E-state index in [2.05, 4.69) is 5.32 Å². The van der Waals surface area contributed by atoms with E-state index in [1.807, 2.05) is 0 Å². The molecule has 8 nitrogen and oxygen atoms in total. The number of benzene rings is 3. The number of carboxylic acid groups (broad SMARTS) is 1. The van der Waals surface area contributed by atoms with E-state index in [4.69, 9.17) is 23.2 Å². The second-order valence-electron chi connectivity index (χ2n) is 7.84. The molecule has 0 saturated heterocycles. The van der Waals surface area contributed by atoms with E-state index in [1.165, 1.54) is 29.0 Å². The zero-order valence-electron chi connectivity index (χ0n) is 18.4. The van der Waals surface area contributed by atoms with Crippen molar-refractivity contribution >= 4 is 45.9 Å². The molecule has 1 heterocycles. The normalized spacial score (nSPS) is 11.9. The molecule has 1 aromatic heterocycles. The van der Waals surface area contributed by atoms with Gasteiger partial charge in [0, 0.05) is 31.1 Å². The Balaban J connectivity index is 1.75. The molecule has 3 aromatic carbocycles. The third kappa shape index (κ3) is 4.71. The number of hydrogen-bond donors (Lipinski definition) is 2. The molecule has 178 valence electrons. The topological polar surface area (TPSA) is 110 Å². The SMILES string of the molecule is Cn1ccc(=O)n(-c2cccc3c(C[C@H](NC(=O)c4c(Cl)cccc4Cl)C(=O)O)cccc23)c1=O. The van der Waals surface area contributed by atoms with Crippen LogP contribution in [0.1, 0.15) is 15.9 Å². The van der Waals surface area contributed by atoms with Crippen LogP contribution in [0.15, 0.2) is 76.4 Å². The van der Waals surface area contributed by atoms with Crippen LogP contribution in [0.25, 0.3) is 16.5 Å². The van der Waals surface area contributed by atoms with Crippen LogP contribution < -0.4 is 16.6 Å². The van der Waals surface area contributed by atoms with Gasteiger partial charge in [-0.3, -0.25) is 9.59 Å². The smallest absolute Gasteiger partial charge is 0.335 e. The maximum atomic E-state index is 12.8. The molecule has 1 atom stereocenters. The van der Waals surface area contributed by atoms with E-state index in [9.17, 15) is 24.3 Å². The molecule has 4 aromatic rings. The zero-order chi connectivity index (χ0) is 25.3. The van der Waals surface area contributed by atoms with E-state index < -0.39 is 29.2 Å². The van der Waals surface area contributed by atoms with Crippen molar-refractivity contribution in [1.29, 1.82) is 0 Å². The quantitative estimate of drug-likeness (QED) is 0.412. The number of hydrogen-bond acceptors (Lipinski definition) is 4. The lowest BCUT2D eigenvalue weighted by molar-refractivity contribution is -0.139. The van der Waals surface area contributed by atoms with Gasteiger partial charge in [-0.2, -0.15) is 0 Å². The number of aromatic nitrogens is 2. The molecule has 0 aliphatic heterocycles. The molecule has 2 N–H and O–H groups in total. The third-order valence-corrected chi connectivity index (χ3v) is 6.23. The zero-order valence-corrected chi connectivity index (χ0v) is 19.9. The molecule has 0 fully saturated rings. The van der Waals surface area contributed by atoms with Gasteiger partial charge in [0.25, 0.3) is 11.5 Å². The van der Waals surface area contributed by atoms with Gasteiger partial charge < -0.3 is 15.0 Å². The van der Waals surface area contributed by atoms with Gasteiger partial charge in [0.1, 0.15) is 6.04 Å². The minimum atomic E-state index is -1.29. The standard InChI is InChI=1S/C25H19Cl2N3O5/c1-29-12-11-21(31)30(25(29)35)20-10-3-6-15-14(5-2-7-16(15)20)13-19(24(33)34)28-23(32)22-17(26)8-4-9-18(22)27/h2-12,19H,13H2,1H3,(H,28,32)(H,33,34)/t19-/m0/s1. The van der Waals surface area contributed by atoms with Crippen LogP contribution in [-0.2, 0) is 18.3 Å². The summed E-state index contributed by atoms with van der Waals surface area (Å²) < 4.78 is 2.35. The Morgan fingerprint density at radius 3 is 2.26 bits per heavy atom.